The van der Waals surface area contributed by atoms with E-state index in [1.54, 1.807) is 18.2 Å². The van der Waals surface area contributed by atoms with Crippen molar-refractivity contribution in [3.05, 3.63) is 95.0 Å². The van der Waals surface area contributed by atoms with Crippen LogP contribution in [0.25, 0.3) is 0 Å². The van der Waals surface area contributed by atoms with Crippen molar-refractivity contribution in [2.75, 3.05) is 11.9 Å². The number of nitrogens with one attached hydrogen (secondary N) is 1. The van der Waals surface area contributed by atoms with Crippen LogP contribution in [0.5, 0.6) is 0 Å². The molecule has 1 fully saturated rings. The van der Waals surface area contributed by atoms with Crippen LogP contribution in [0.3, 0.4) is 0 Å². The zero-order chi connectivity index (χ0) is 24.1. The predicted octanol–water partition coefficient (Wildman–Crippen LogP) is 5.82. The number of nitrogens with zero attached hydrogens (tertiary/aromatic N) is 2. The Balaban J connectivity index is 1.55. The summed E-state index contributed by atoms with van der Waals surface area (Å²) >= 11 is 7.07. The van der Waals surface area contributed by atoms with E-state index in [1.165, 1.54) is 47.4 Å². The molecule has 3 aromatic carbocycles. The summed E-state index contributed by atoms with van der Waals surface area (Å²) in [6.07, 6.45) is 0.492. The molecule has 34 heavy (non-hydrogen) atoms. The first-order valence-corrected chi connectivity index (χ1v) is 11.8. The molecule has 0 aromatic heterocycles. The molecule has 1 unspecified atom stereocenters. The minimum Gasteiger partial charge on any atom is -0.323 e. The smallest absolute Gasteiger partial charge is 0.238 e. The number of amides is 2. The van der Waals surface area contributed by atoms with Gasteiger partial charge in [-0.05, 0) is 60.5 Å². The molecule has 1 atom stereocenters. The second-order valence-corrected chi connectivity index (χ2v) is 9.18. The summed E-state index contributed by atoms with van der Waals surface area (Å²) in [7, 11) is 0. The highest BCUT2D eigenvalue weighted by molar-refractivity contribution is 8.15. The fourth-order valence-electron chi connectivity index (χ4n) is 3.36. The van der Waals surface area contributed by atoms with E-state index in [-0.39, 0.29) is 18.0 Å². The SMILES string of the molecule is O=C(Nc1ccccc1F)C1CC(=O)N(CCc2ccc(Cl)cc2)C(=Nc2ccc(F)cc2)S1. The lowest BCUT2D eigenvalue weighted by molar-refractivity contribution is -0.129. The lowest BCUT2D eigenvalue weighted by atomic mass is 10.1. The van der Waals surface area contributed by atoms with Gasteiger partial charge in [-0.3, -0.25) is 14.5 Å². The van der Waals surface area contributed by atoms with Gasteiger partial charge in [0.15, 0.2) is 5.17 Å². The number of carbonyl (C=O) groups is 2. The number of carbonyl (C=O) groups excluding carboxylic acids is 2. The van der Waals surface area contributed by atoms with Crippen LogP contribution in [0.4, 0.5) is 20.2 Å². The number of anilines is 1. The number of thioether (sulfide) groups is 1. The predicted molar refractivity (Wildman–Crippen MR) is 131 cm³/mol. The van der Waals surface area contributed by atoms with Crippen LogP contribution in [0.2, 0.25) is 5.02 Å². The minimum absolute atomic E-state index is 0.0442. The quantitative estimate of drug-likeness (QED) is 0.465. The summed E-state index contributed by atoms with van der Waals surface area (Å²) in [5.74, 6) is -1.74. The number of hydrogen-bond acceptors (Lipinski definition) is 4. The second-order valence-electron chi connectivity index (χ2n) is 7.57. The van der Waals surface area contributed by atoms with Gasteiger partial charge in [-0.15, -0.1) is 0 Å². The number of hydrogen-bond donors (Lipinski definition) is 1. The molecule has 0 spiro atoms. The molecule has 1 saturated heterocycles. The van der Waals surface area contributed by atoms with E-state index >= 15 is 0 Å². The zero-order valence-corrected chi connectivity index (χ0v) is 19.5. The molecule has 1 aliphatic heterocycles. The van der Waals surface area contributed by atoms with Crippen molar-refractivity contribution in [2.24, 2.45) is 4.99 Å². The van der Waals surface area contributed by atoms with Crippen LogP contribution in [0.15, 0.2) is 77.8 Å². The van der Waals surface area contributed by atoms with E-state index in [4.69, 9.17) is 11.6 Å². The molecular weight excluding hydrogens is 480 g/mol. The van der Waals surface area contributed by atoms with Crippen LogP contribution in [-0.2, 0) is 16.0 Å². The van der Waals surface area contributed by atoms with E-state index in [0.29, 0.717) is 28.8 Å². The van der Waals surface area contributed by atoms with Crippen LogP contribution in [-0.4, -0.2) is 33.7 Å². The highest BCUT2D eigenvalue weighted by atomic mass is 35.5. The molecule has 0 saturated carbocycles. The fourth-order valence-corrected chi connectivity index (χ4v) is 4.61. The van der Waals surface area contributed by atoms with Crippen molar-refractivity contribution in [3.8, 4) is 0 Å². The van der Waals surface area contributed by atoms with E-state index < -0.39 is 22.8 Å². The molecule has 3 aromatic rings. The molecule has 2 amide bonds. The van der Waals surface area contributed by atoms with Gasteiger partial charge in [0.1, 0.15) is 16.9 Å². The standard InChI is InChI=1S/C25H20ClF2N3O2S/c26-17-7-5-16(6-8-17)13-14-31-23(32)15-22(24(33)30-21-4-2-1-3-20(21)28)34-25(31)29-19-11-9-18(27)10-12-19/h1-12,22H,13-15H2,(H,30,33). The maximum atomic E-state index is 14.0. The summed E-state index contributed by atoms with van der Waals surface area (Å²) in [5, 5.41) is 2.70. The Morgan fingerprint density at radius 1 is 1.06 bits per heavy atom. The molecule has 5 nitrogen and oxygen atoms in total. The normalized spacial score (nSPS) is 17.1. The Hall–Kier alpha value is -3.23. The van der Waals surface area contributed by atoms with E-state index in [2.05, 4.69) is 10.3 Å². The summed E-state index contributed by atoms with van der Waals surface area (Å²) in [6, 6.07) is 18.7. The lowest BCUT2D eigenvalue weighted by Crippen LogP contribution is -2.46. The summed E-state index contributed by atoms with van der Waals surface area (Å²) < 4.78 is 27.3. The van der Waals surface area contributed by atoms with Crippen LogP contribution < -0.4 is 5.32 Å². The Morgan fingerprint density at radius 3 is 2.47 bits per heavy atom. The molecule has 4 rings (SSSR count). The molecule has 0 bridgehead atoms. The van der Waals surface area contributed by atoms with Gasteiger partial charge < -0.3 is 5.32 Å². The van der Waals surface area contributed by atoms with Crippen molar-refractivity contribution < 1.29 is 18.4 Å². The minimum atomic E-state index is -0.793. The van der Waals surface area contributed by atoms with Gasteiger partial charge in [-0.25, -0.2) is 13.8 Å². The second kappa shape index (κ2) is 10.8. The molecule has 0 aliphatic carbocycles. The van der Waals surface area contributed by atoms with Gasteiger partial charge in [0, 0.05) is 18.0 Å². The number of aliphatic imine (C=N–C) groups is 1. The van der Waals surface area contributed by atoms with Crippen LogP contribution in [0, 0.1) is 11.6 Å². The number of benzene rings is 3. The molecule has 1 N–H and O–H groups in total. The Morgan fingerprint density at radius 2 is 1.76 bits per heavy atom. The number of rotatable bonds is 6. The highest BCUT2D eigenvalue weighted by Crippen LogP contribution is 2.30. The van der Waals surface area contributed by atoms with Gasteiger partial charge in [-0.1, -0.05) is 47.6 Å². The maximum Gasteiger partial charge on any atom is 0.238 e. The van der Waals surface area contributed by atoms with Crippen molar-refractivity contribution in [3.63, 3.8) is 0 Å². The molecular formula is C25H20ClF2N3O2S. The Labute approximate surface area is 204 Å². The maximum absolute atomic E-state index is 14.0. The molecule has 174 valence electrons. The third kappa shape index (κ3) is 6.01. The molecule has 0 radical (unpaired) electrons. The van der Waals surface area contributed by atoms with Gasteiger partial charge in [-0.2, -0.15) is 0 Å². The van der Waals surface area contributed by atoms with Gasteiger partial charge in [0.05, 0.1) is 11.4 Å². The monoisotopic (exact) mass is 499 g/mol. The third-order valence-electron chi connectivity index (χ3n) is 5.15. The lowest BCUT2D eigenvalue weighted by Gasteiger charge is -2.32. The van der Waals surface area contributed by atoms with Crippen LogP contribution in [0.1, 0.15) is 12.0 Å². The largest absolute Gasteiger partial charge is 0.323 e. The van der Waals surface area contributed by atoms with Gasteiger partial charge in [0.25, 0.3) is 0 Å². The van der Waals surface area contributed by atoms with Crippen molar-refractivity contribution >= 4 is 51.7 Å². The molecule has 9 heteroatoms. The van der Waals surface area contributed by atoms with Gasteiger partial charge in [0.2, 0.25) is 11.8 Å². The average Bonchev–Trinajstić information content (AvgIpc) is 2.82. The van der Waals surface area contributed by atoms with E-state index in [1.807, 2.05) is 12.1 Å². The van der Waals surface area contributed by atoms with E-state index in [9.17, 15) is 18.4 Å². The summed E-state index contributed by atoms with van der Waals surface area (Å²) in [6.45, 7) is 0.342. The summed E-state index contributed by atoms with van der Waals surface area (Å²) in [4.78, 5) is 31.9. The number of amidine groups is 1. The van der Waals surface area contributed by atoms with Crippen molar-refractivity contribution in [1.82, 2.24) is 4.90 Å². The molecule has 1 aliphatic rings. The zero-order valence-electron chi connectivity index (χ0n) is 17.9. The van der Waals surface area contributed by atoms with Crippen molar-refractivity contribution in [2.45, 2.75) is 18.1 Å². The topological polar surface area (TPSA) is 61.8 Å². The number of halogens is 3. The number of para-hydroxylation sites is 1. The van der Waals surface area contributed by atoms with E-state index in [0.717, 1.165) is 17.3 Å². The first-order chi connectivity index (χ1) is 16.4. The highest BCUT2D eigenvalue weighted by Gasteiger charge is 2.36. The average molecular weight is 500 g/mol. The Kier molecular flexibility index (Phi) is 7.59. The first-order valence-electron chi connectivity index (χ1n) is 10.5. The first kappa shape index (κ1) is 23.9. The third-order valence-corrected chi connectivity index (χ3v) is 6.59. The fraction of sp³-hybridized carbons (Fsp3) is 0.160. The van der Waals surface area contributed by atoms with Gasteiger partial charge >= 0.3 is 0 Å². The molecule has 1 heterocycles. The van der Waals surface area contributed by atoms with Crippen molar-refractivity contribution in [1.29, 1.82) is 0 Å². The Bertz CT molecular complexity index is 1220. The van der Waals surface area contributed by atoms with Crippen LogP contribution >= 0.6 is 23.4 Å². The summed E-state index contributed by atoms with van der Waals surface area (Å²) in [5.41, 5.74) is 1.48.